The summed E-state index contributed by atoms with van der Waals surface area (Å²) in [4.78, 5) is 22.9. The maximum absolute atomic E-state index is 11.6. The Labute approximate surface area is 117 Å². The van der Waals surface area contributed by atoms with E-state index in [2.05, 4.69) is 24.1 Å². The molecule has 0 bridgehead atoms. The Morgan fingerprint density at radius 2 is 1.84 bits per heavy atom. The van der Waals surface area contributed by atoms with Crippen molar-refractivity contribution in [2.75, 3.05) is 6.54 Å². The third-order valence-electron chi connectivity index (χ3n) is 2.92. The minimum absolute atomic E-state index is 0.0447. The predicted octanol–water partition coefficient (Wildman–Crippen LogP) is 2.54. The Balaban J connectivity index is 3.61. The number of nitrogens with one attached hydrogen (secondary N) is 2. The van der Waals surface area contributed by atoms with Crippen molar-refractivity contribution in [2.45, 2.75) is 64.8 Å². The first kappa shape index (κ1) is 17.7. The molecule has 0 unspecified atom stereocenters. The number of amides is 2. The van der Waals surface area contributed by atoms with Crippen LogP contribution in [0.15, 0.2) is 12.7 Å². The van der Waals surface area contributed by atoms with E-state index in [-0.39, 0.29) is 30.7 Å². The summed E-state index contributed by atoms with van der Waals surface area (Å²) >= 11 is 0. The minimum Gasteiger partial charge on any atom is -0.354 e. The Hall–Kier alpha value is -1.32. The molecule has 4 nitrogen and oxygen atoms in total. The van der Waals surface area contributed by atoms with Crippen molar-refractivity contribution in [1.82, 2.24) is 10.6 Å². The number of carbonyl (C=O) groups is 2. The lowest BCUT2D eigenvalue weighted by atomic mass is 10.1. The Kier molecular flexibility index (Phi) is 10.9. The van der Waals surface area contributed by atoms with E-state index in [0.717, 1.165) is 12.8 Å². The van der Waals surface area contributed by atoms with Crippen molar-refractivity contribution in [2.24, 2.45) is 0 Å². The second-order valence-electron chi connectivity index (χ2n) is 4.91. The fourth-order valence-electron chi connectivity index (χ4n) is 1.80. The average molecular weight is 268 g/mol. The summed E-state index contributed by atoms with van der Waals surface area (Å²) in [6.45, 7) is 8.17. The van der Waals surface area contributed by atoms with E-state index in [9.17, 15) is 9.59 Å². The summed E-state index contributed by atoms with van der Waals surface area (Å²) in [6.07, 6.45) is 7.97. The van der Waals surface area contributed by atoms with Crippen LogP contribution in [0.3, 0.4) is 0 Å². The molecular weight excluding hydrogens is 240 g/mol. The van der Waals surface area contributed by atoms with Gasteiger partial charge in [0.2, 0.25) is 11.8 Å². The van der Waals surface area contributed by atoms with Gasteiger partial charge in [-0.25, -0.2) is 0 Å². The third-order valence-corrected chi connectivity index (χ3v) is 2.92. The number of carbonyl (C=O) groups excluding carboxylic acids is 2. The van der Waals surface area contributed by atoms with Gasteiger partial charge >= 0.3 is 0 Å². The van der Waals surface area contributed by atoms with Gasteiger partial charge in [0.1, 0.15) is 0 Å². The predicted molar refractivity (Wildman–Crippen MR) is 78.8 cm³/mol. The Morgan fingerprint density at radius 1 is 1.16 bits per heavy atom. The highest BCUT2D eigenvalue weighted by Crippen LogP contribution is 2.05. The van der Waals surface area contributed by atoms with Crippen molar-refractivity contribution in [1.29, 1.82) is 0 Å². The highest BCUT2D eigenvalue weighted by molar-refractivity contribution is 5.83. The lowest BCUT2D eigenvalue weighted by Crippen LogP contribution is -2.33. The van der Waals surface area contributed by atoms with E-state index in [4.69, 9.17) is 0 Å². The SMILES string of the molecule is C=CCNC(=O)CCC(=O)N[C@@H](C)CCCCCC. The van der Waals surface area contributed by atoms with Crippen molar-refractivity contribution >= 4 is 11.8 Å². The van der Waals surface area contributed by atoms with E-state index < -0.39 is 0 Å². The van der Waals surface area contributed by atoms with Gasteiger partial charge in [-0.15, -0.1) is 6.58 Å². The summed E-state index contributed by atoms with van der Waals surface area (Å²) in [5.74, 6) is -0.151. The van der Waals surface area contributed by atoms with Gasteiger partial charge in [0.15, 0.2) is 0 Å². The van der Waals surface area contributed by atoms with Gasteiger partial charge in [0.05, 0.1) is 0 Å². The zero-order chi connectivity index (χ0) is 14.5. The van der Waals surface area contributed by atoms with Gasteiger partial charge < -0.3 is 10.6 Å². The largest absolute Gasteiger partial charge is 0.354 e. The van der Waals surface area contributed by atoms with Crippen LogP contribution in [-0.4, -0.2) is 24.4 Å². The molecule has 19 heavy (non-hydrogen) atoms. The first-order chi connectivity index (χ1) is 9.10. The van der Waals surface area contributed by atoms with Crippen LogP contribution < -0.4 is 10.6 Å². The van der Waals surface area contributed by atoms with Gasteiger partial charge in [0, 0.05) is 25.4 Å². The first-order valence-corrected chi connectivity index (χ1v) is 7.27. The summed E-state index contributed by atoms with van der Waals surface area (Å²) in [6, 6.07) is 0.195. The van der Waals surface area contributed by atoms with Crippen LogP contribution in [0, 0.1) is 0 Å². The first-order valence-electron chi connectivity index (χ1n) is 7.27. The molecule has 0 saturated heterocycles. The van der Waals surface area contributed by atoms with Crippen LogP contribution in [0.5, 0.6) is 0 Å². The molecule has 0 fully saturated rings. The maximum atomic E-state index is 11.6. The standard InChI is InChI=1S/C15H28N2O2/c1-4-6-7-8-9-13(3)17-15(19)11-10-14(18)16-12-5-2/h5,13H,2,4,6-12H2,1,3H3,(H,16,18)(H,17,19)/t13-/m0/s1. The van der Waals surface area contributed by atoms with Crippen LogP contribution >= 0.6 is 0 Å². The van der Waals surface area contributed by atoms with Crippen LogP contribution in [0.1, 0.15) is 58.8 Å². The quantitative estimate of drug-likeness (QED) is 0.447. The lowest BCUT2D eigenvalue weighted by Gasteiger charge is -2.13. The van der Waals surface area contributed by atoms with E-state index in [1.807, 2.05) is 6.92 Å². The van der Waals surface area contributed by atoms with Crippen molar-refractivity contribution in [3.8, 4) is 0 Å². The molecule has 4 heteroatoms. The molecule has 0 aliphatic carbocycles. The average Bonchev–Trinajstić information content (AvgIpc) is 2.39. The fraction of sp³-hybridized carbons (Fsp3) is 0.733. The third kappa shape index (κ3) is 11.5. The normalized spacial score (nSPS) is 11.7. The van der Waals surface area contributed by atoms with Gasteiger partial charge in [-0.2, -0.15) is 0 Å². The van der Waals surface area contributed by atoms with Crippen molar-refractivity contribution in [3.63, 3.8) is 0 Å². The Bertz CT molecular complexity index is 277. The second-order valence-corrected chi connectivity index (χ2v) is 4.91. The minimum atomic E-state index is -0.106. The zero-order valence-corrected chi connectivity index (χ0v) is 12.3. The second kappa shape index (κ2) is 11.8. The maximum Gasteiger partial charge on any atom is 0.220 e. The smallest absolute Gasteiger partial charge is 0.220 e. The summed E-state index contributed by atoms with van der Waals surface area (Å²) < 4.78 is 0. The number of hydrogen-bond donors (Lipinski definition) is 2. The molecule has 0 aromatic carbocycles. The monoisotopic (exact) mass is 268 g/mol. The van der Waals surface area contributed by atoms with Crippen LogP contribution in [-0.2, 0) is 9.59 Å². The van der Waals surface area contributed by atoms with Crippen LogP contribution in [0.25, 0.3) is 0 Å². The molecule has 0 spiro atoms. The van der Waals surface area contributed by atoms with E-state index >= 15 is 0 Å². The molecule has 0 heterocycles. The van der Waals surface area contributed by atoms with Gasteiger partial charge in [-0.1, -0.05) is 38.7 Å². The lowest BCUT2D eigenvalue weighted by molar-refractivity contribution is -0.126. The van der Waals surface area contributed by atoms with E-state index in [1.165, 1.54) is 19.3 Å². The highest BCUT2D eigenvalue weighted by atomic mass is 16.2. The number of rotatable bonds is 11. The summed E-state index contributed by atoms with van der Waals surface area (Å²) in [5, 5.41) is 5.58. The molecule has 0 aromatic rings. The molecule has 0 radical (unpaired) electrons. The summed E-state index contributed by atoms with van der Waals surface area (Å²) in [7, 11) is 0. The molecule has 1 atom stereocenters. The van der Waals surface area contributed by atoms with E-state index in [0.29, 0.717) is 6.54 Å². The molecule has 110 valence electrons. The molecule has 2 N–H and O–H groups in total. The van der Waals surface area contributed by atoms with Gasteiger partial charge in [-0.05, 0) is 13.3 Å². The van der Waals surface area contributed by atoms with Crippen molar-refractivity contribution < 1.29 is 9.59 Å². The molecule has 2 amide bonds. The molecule has 0 aliphatic heterocycles. The van der Waals surface area contributed by atoms with E-state index in [1.54, 1.807) is 6.08 Å². The van der Waals surface area contributed by atoms with Crippen LogP contribution in [0.2, 0.25) is 0 Å². The Morgan fingerprint density at radius 3 is 2.47 bits per heavy atom. The number of unbranched alkanes of at least 4 members (excludes halogenated alkanes) is 3. The zero-order valence-electron chi connectivity index (χ0n) is 12.3. The highest BCUT2D eigenvalue weighted by Gasteiger charge is 2.09. The topological polar surface area (TPSA) is 58.2 Å². The molecule has 0 aromatic heterocycles. The fourth-order valence-corrected chi connectivity index (χ4v) is 1.80. The number of hydrogen-bond acceptors (Lipinski definition) is 2. The van der Waals surface area contributed by atoms with Crippen LogP contribution in [0.4, 0.5) is 0 Å². The van der Waals surface area contributed by atoms with Gasteiger partial charge in [0.25, 0.3) is 0 Å². The molecule has 0 aliphatic rings. The summed E-state index contributed by atoms with van der Waals surface area (Å²) in [5.41, 5.74) is 0. The molecule has 0 saturated carbocycles. The molecular formula is C15H28N2O2. The van der Waals surface area contributed by atoms with Crippen molar-refractivity contribution in [3.05, 3.63) is 12.7 Å². The van der Waals surface area contributed by atoms with Gasteiger partial charge in [-0.3, -0.25) is 9.59 Å². The molecule has 0 rings (SSSR count).